The Bertz CT molecular complexity index is 580. The van der Waals surface area contributed by atoms with Crippen molar-refractivity contribution in [2.45, 2.75) is 19.9 Å². The molecule has 0 unspecified atom stereocenters. The van der Waals surface area contributed by atoms with Crippen LogP contribution >= 0.6 is 0 Å². The summed E-state index contributed by atoms with van der Waals surface area (Å²) in [5.74, 6) is 1.31. The molecule has 112 valence electrons. The molecule has 2 aliphatic heterocycles. The van der Waals surface area contributed by atoms with Crippen molar-refractivity contribution in [2.24, 2.45) is 5.92 Å². The second-order valence-corrected chi connectivity index (χ2v) is 6.32. The zero-order chi connectivity index (χ0) is 15.0. The van der Waals surface area contributed by atoms with Crippen LogP contribution in [0, 0.1) is 31.1 Å². The second kappa shape index (κ2) is 5.63. The van der Waals surface area contributed by atoms with Gasteiger partial charge in [-0.2, -0.15) is 5.26 Å². The van der Waals surface area contributed by atoms with Gasteiger partial charge in [-0.1, -0.05) is 0 Å². The van der Waals surface area contributed by atoms with Crippen LogP contribution in [-0.4, -0.2) is 55.8 Å². The number of hydrogen-bond acceptors (Lipinski definition) is 5. The fourth-order valence-corrected chi connectivity index (χ4v) is 3.50. The number of nitriles is 1. The molecule has 0 N–H and O–H groups in total. The van der Waals surface area contributed by atoms with Crippen LogP contribution in [0.2, 0.25) is 0 Å². The molecular weight excluding hydrogens is 264 g/mol. The fourth-order valence-electron chi connectivity index (χ4n) is 3.50. The fraction of sp³-hybridized carbons (Fsp3) is 0.625. The molecule has 2 saturated heterocycles. The Hall–Kier alpha value is -1.64. The highest BCUT2D eigenvalue weighted by Crippen LogP contribution is 2.28. The van der Waals surface area contributed by atoms with E-state index in [1.54, 1.807) is 0 Å². The smallest absolute Gasteiger partial charge is 0.147 e. The van der Waals surface area contributed by atoms with Gasteiger partial charge in [-0.05, 0) is 32.5 Å². The second-order valence-electron chi connectivity index (χ2n) is 6.32. The normalized spacial score (nSPS) is 26.3. The topological polar surface area (TPSA) is 52.4 Å². The first-order chi connectivity index (χ1) is 10.1. The molecule has 5 nitrogen and oxygen atoms in total. The van der Waals surface area contributed by atoms with Gasteiger partial charge in [0, 0.05) is 31.2 Å². The van der Waals surface area contributed by atoms with Crippen molar-refractivity contribution in [1.82, 2.24) is 9.88 Å². The summed E-state index contributed by atoms with van der Waals surface area (Å²) in [6.07, 6.45) is 0. The zero-order valence-electron chi connectivity index (χ0n) is 13.0. The van der Waals surface area contributed by atoms with E-state index >= 15 is 0 Å². The average molecular weight is 286 g/mol. The highest BCUT2D eigenvalue weighted by atomic mass is 16.5. The number of rotatable bonds is 1. The molecule has 1 aromatic heterocycles. The quantitative estimate of drug-likeness (QED) is 0.780. The van der Waals surface area contributed by atoms with Crippen molar-refractivity contribution < 1.29 is 4.74 Å². The van der Waals surface area contributed by atoms with Gasteiger partial charge < -0.3 is 14.5 Å². The van der Waals surface area contributed by atoms with Crippen LogP contribution in [0.1, 0.15) is 16.8 Å². The third-order valence-corrected chi connectivity index (χ3v) is 4.36. The summed E-state index contributed by atoms with van der Waals surface area (Å²) in [5, 5.41) is 9.53. The largest absolute Gasteiger partial charge is 0.379 e. The molecule has 2 aliphatic rings. The highest BCUT2D eigenvalue weighted by molar-refractivity contribution is 5.59. The van der Waals surface area contributed by atoms with Gasteiger partial charge in [0.2, 0.25) is 0 Å². The molecule has 3 rings (SSSR count). The number of fused-ring (bicyclic) bond motifs is 3. The van der Waals surface area contributed by atoms with Gasteiger partial charge >= 0.3 is 0 Å². The van der Waals surface area contributed by atoms with E-state index in [4.69, 9.17) is 4.74 Å². The van der Waals surface area contributed by atoms with E-state index in [1.807, 2.05) is 19.9 Å². The summed E-state index contributed by atoms with van der Waals surface area (Å²) >= 11 is 0. The molecule has 2 atom stereocenters. The van der Waals surface area contributed by atoms with E-state index < -0.39 is 0 Å². The van der Waals surface area contributed by atoms with Crippen LogP contribution in [0.15, 0.2) is 6.07 Å². The van der Waals surface area contributed by atoms with Crippen molar-refractivity contribution in [3.63, 3.8) is 0 Å². The molecule has 1 aromatic rings. The number of aromatic nitrogens is 1. The summed E-state index contributed by atoms with van der Waals surface area (Å²) in [5.41, 5.74) is 2.68. The molecule has 2 fully saturated rings. The van der Waals surface area contributed by atoms with Gasteiger partial charge in [0.1, 0.15) is 11.9 Å². The lowest BCUT2D eigenvalue weighted by atomic mass is 10.1. The predicted molar refractivity (Wildman–Crippen MR) is 81.4 cm³/mol. The first-order valence-corrected chi connectivity index (χ1v) is 7.49. The van der Waals surface area contributed by atoms with E-state index in [-0.39, 0.29) is 6.04 Å². The van der Waals surface area contributed by atoms with E-state index in [0.29, 0.717) is 18.1 Å². The van der Waals surface area contributed by atoms with Crippen molar-refractivity contribution in [1.29, 1.82) is 5.26 Å². The van der Waals surface area contributed by atoms with E-state index in [9.17, 15) is 5.26 Å². The standard InChI is InChI=1S/C16H22N4O/c1-11-4-12(2)18-16(15(11)5-17)20-7-13-6-19(3)8-14(20)10-21-9-13/h4,13-14H,6-10H2,1-3H3/t13-,14-/m0/s1. The third-order valence-electron chi connectivity index (χ3n) is 4.36. The summed E-state index contributed by atoms with van der Waals surface area (Å²) in [6.45, 7) is 8.40. The minimum absolute atomic E-state index is 0.267. The first kappa shape index (κ1) is 14.3. The molecule has 0 aromatic carbocycles. The van der Waals surface area contributed by atoms with Gasteiger partial charge in [0.25, 0.3) is 0 Å². The third kappa shape index (κ3) is 2.74. The average Bonchev–Trinajstić information content (AvgIpc) is 2.67. The Morgan fingerprint density at radius 1 is 1.29 bits per heavy atom. The molecule has 21 heavy (non-hydrogen) atoms. The monoisotopic (exact) mass is 286 g/mol. The Balaban J connectivity index is 2.05. The molecule has 0 aliphatic carbocycles. The Kier molecular flexibility index (Phi) is 3.83. The minimum atomic E-state index is 0.267. The maximum absolute atomic E-state index is 9.53. The summed E-state index contributed by atoms with van der Waals surface area (Å²) < 4.78 is 5.82. The van der Waals surface area contributed by atoms with Crippen LogP contribution in [0.5, 0.6) is 0 Å². The Morgan fingerprint density at radius 2 is 2.10 bits per heavy atom. The SMILES string of the molecule is Cc1cc(C)c(C#N)c(N2C[C@H]3COC[C@@H]2CN(C)C3)n1. The van der Waals surface area contributed by atoms with Gasteiger partial charge in [0.05, 0.1) is 24.8 Å². The lowest BCUT2D eigenvalue weighted by Gasteiger charge is -2.31. The molecular formula is C16H22N4O. The number of hydrogen-bond donors (Lipinski definition) is 0. The van der Waals surface area contributed by atoms with Gasteiger partial charge in [-0.3, -0.25) is 0 Å². The van der Waals surface area contributed by atoms with Crippen molar-refractivity contribution in [2.75, 3.05) is 44.8 Å². The van der Waals surface area contributed by atoms with Gasteiger partial charge in [-0.25, -0.2) is 4.98 Å². The maximum Gasteiger partial charge on any atom is 0.147 e. The summed E-state index contributed by atoms with van der Waals surface area (Å²) in [4.78, 5) is 9.36. The lowest BCUT2D eigenvalue weighted by molar-refractivity contribution is 0.0725. The maximum atomic E-state index is 9.53. The van der Waals surface area contributed by atoms with E-state index in [1.165, 1.54) is 0 Å². The van der Waals surface area contributed by atoms with Crippen LogP contribution in [0.4, 0.5) is 5.82 Å². The number of aryl methyl sites for hydroxylation is 2. The predicted octanol–water partition coefficient (Wildman–Crippen LogP) is 1.34. The minimum Gasteiger partial charge on any atom is -0.379 e. The Morgan fingerprint density at radius 3 is 2.86 bits per heavy atom. The molecule has 5 heteroatoms. The molecule has 0 radical (unpaired) electrons. The van der Waals surface area contributed by atoms with Crippen molar-refractivity contribution in [3.05, 3.63) is 22.9 Å². The van der Waals surface area contributed by atoms with Crippen molar-refractivity contribution >= 4 is 5.82 Å². The zero-order valence-corrected chi connectivity index (χ0v) is 13.0. The van der Waals surface area contributed by atoms with E-state index in [0.717, 1.165) is 43.3 Å². The van der Waals surface area contributed by atoms with Crippen LogP contribution in [-0.2, 0) is 4.74 Å². The van der Waals surface area contributed by atoms with E-state index in [2.05, 4.69) is 27.9 Å². The molecule has 3 heterocycles. The molecule has 0 spiro atoms. The number of ether oxygens (including phenoxy) is 1. The molecule has 0 saturated carbocycles. The first-order valence-electron chi connectivity index (χ1n) is 7.49. The number of pyridine rings is 1. The Labute approximate surface area is 126 Å². The van der Waals surface area contributed by atoms with Crippen LogP contribution < -0.4 is 4.90 Å². The highest BCUT2D eigenvalue weighted by Gasteiger charge is 2.34. The molecule has 0 amide bonds. The van der Waals surface area contributed by atoms with Crippen molar-refractivity contribution in [3.8, 4) is 6.07 Å². The number of likely N-dealkylation sites (N-methyl/N-ethyl adjacent to an activating group) is 1. The lowest BCUT2D eigenvalue weighted by Crippen LogP contribution is -2.43. The summed E-state index contributed by atoms with van der Waals surface area (Å²) in [6, 6.07) is 4.59. The molecule has 2 bridgehead atoms. The number of nitrogens with zero attached hydrogens (tertiary/aromatic N) is 4. The van der Waals surface area contributed by atoms with Crippen LogP contribution in [0.3, 0.4) is 0 Å². The number of anilines is 1. The van der Waals surface area contributed by atoms with Crippen LogP contribution in [0.25, 0.3) is 0 Å². The van der Waals surface area contributed by atoms with Gasteiger partial charge in [-0.15, -0.1) is 0 Å². The summed E-state index contributed by atoms with van der Waals surface area (Å²) in [7, 11) is 2.16. The van der Waals surface area contributed by atoms with Gasteiger partial charge in [0.15, 0.2) is 0 Å².